The summed E-state index contributed by atoms with van der Waals surface area (Å²) in [7, 11) is 1.65. The third-order valence-electron chi connectivity index (χ3n) is 1.85. The normalized spacial score (nSPS) is 10.6. The summed E-state index contributed by atoms with van der Waals surface area (Å²) in [6.07, 6.45) is 0. The maximum Gasteiger partial charge on any atom is 0.232 e. The van der Waals surface area contributed by atoms with Crippen LogP contribution < -0.4 is 4.74 Å². The lowest BCUT2D eigenvalue weighted by molar-refractivity contribution is 0.407. The highest BCUT2D eigenvalue weighted by molar-refractivity contribution is 9.08. The van der Waals surface area contributed by atoms with E-state index in [-0.39, 0.29) is 0 Å². The first-order valence-corrected chi connectivity index (χ1v) is 5.73. The Hall–Kier alpha value is -0.610. The van der Waals surface area contributed by atoms with Crippen molar-refractivity contribution in [3.8, 4) is 5.88 Å². The fourth-order valence-electron chi connectivity index (χ4n) is 1.19. The van der Waals surface area contributed by atoms with Crippen LogP contribution in [-0.2, 0) is 5.33 Å². The van der Waals surface area contributed by atoms with Crippen LogP contribution in [0.3, 0.4) is 0 Å². The zero-order valence-corrected chi connectivity index (χ0v) is 9.48. The van der Waals surface area contributed by atoms with Gasteiger partial charge in [-0.25, -0.2) is 0 Å². The number of nitrogens with zero attached hydrogens (tertiary/aromatic N) is 1. The summed E-state index contributed by atoms with van der Waals surface area (Å²) in [6.45, 7) is 0. The Kier molecular flexibility index (Phi) is 2.51. The molecule has 1 aromatic heterocycles. The topological polar surface area (TPSA) is 22.1 Å². The number of hydrogen-bond acceptors (Lipinski definition) is 3. The van der Waals surface area contributed by atoms with E-state index in [0.29, 0.717) is 0 Å². The highest BCUT2D eigenvalue weighted by atomic mass is 79.9. The van der Waals surface area contributed by atoms with Gasteiger partial charge in [0.25, 0.3) is 0 Å². The summed E-state index contributed by atoms with van der Waals surface area (Å²) in [5.41, 5.74) is 1.24. The number of methoxy groups -OCH3 is 1. The average Bonchev–Trinajstić information content (AvgIpc) is 2.59. The molecule has 2 nitrogen and oxygen atoms in total. The number of alkyl halides is 1. The minimum absolute atomic E-state index is 0.725. The van der Waals surface area contributed by atoms with Gasteiger partial charge in [-0.2, -0.15) is 4.37 Å². The van der Waals surface area contributed by atoms with E-state index in [9.17, 15) is 0 Å². The van der Waals surface area contributed by atoms with Crippen LogP contribution in [0.1, 0.15) is 5.56 Å². The minimum Gasteiger partial charge on any atom is -0.480 e. The highest BCUT2D eigenvalue weighted by Gasteiger charge is 2.05. The number of hydrogen-bond donors (Lipinski definition) is 0. The van der Waals surface area contributed by atoms with Gasteiger partial charge in [0.05, 0.1) is 17.2 Å². The van der Waals surface area contributed by atoms with Crippen molar-refractivity contribution < 1.29 is 4.74 Å². The Labute approximate surface area is 88.8 Å². The summed E-state index contributed by atoms with van der Waals surface area (Å²) in [5.74, 6) is 0.725. The molecule has 1 aromatic carbocycles. The quantitative estimate of drug-likeness (QED) is 0.772. The van der Waals surface area contributed by atoms with Gasteiger partial charge in [0.1, 0.15) is 0 Å². The molecule has 0 saturated heterocycles. The van der Waals surface area contributed by atoms with Gasteiger partial charge in [-0.05, 0) is 29.2 Å². The lowest BCUT2D eigenvalue weighted by atomic mass is 10.2. The third kappa shape index (κ3) is 1.56. The Balaban J connectivity index is 2.64. The molecule has 0 unspecified atom stereocenters. The van der Waals surface area contributed by atoms with Crippen LogP contribution in [-0.4, -0.2) is 11.5 Å². The molecule has 0 aliphatic rings. The second-order valence-corrected chi connectivity index (χ2v) is 4.02. The predicted octanol–water partition coefficient (Wildman–Crippen LogP) is 3.20. The zero-order chi connectivity index (χ0) is 9.26. The van der Waals surface area contributed by atoms with E-state index in [0.717, 1.165) is 16.6 Å². The number of aromatic nitrogens is 1. The lowest BCUT2D eigenvalue weighted by Gasteiger charge is -1.96. The molecule has 0 spiro atoms. The van der Waals surface area contributed by atoms with Gasteiger partial charge in [-0.3, -0.25) is 0 Å². The molecule has 1 heterocycles. The minimum atomic E-state index is 0.725. The van der Waals surface area contributed by atoms with Crippen molar-refractivity contribution >= 4 is 37.5 Å². The van der Waals surface area contributed by atoms with E-state index in [1.54, 1.807) is 7.11 Å². The molecule has 0 aliphatic carbocycles. The summed E-state index contributed by atoms with van der Waals surface area (Å²) < 4.78 is 10.5. The molecule has 0 bridgehead atoms. The van der Waals surface area contributed by atoms with Gasteiger partial charge in [0, 0.05) is 5.33 Å². The van der Waals surface area contributed by atoms with Crippen LogP contribution in [0.5, 0.6) is 5.88 Å². The molecule has 2 aromatic rings. The van der Waals surface area contributed by atoms with Crippen molar-refractivity contribution in [2.45, 2.75) is 5.33 Å². The van der Waals surface area contributed by atoms with Crippen LogP contribution in [0.15, 0.2) is 18.2 Å². The molecule has 2 rings (SSSR count). The number of halogens is 1. The van der Waals surface area contributed by atoms with E-state index in [2.05, 4.69) is 38.5 Å². The lowest BCUT2D eigenvalue weighted by Crippen LogP contribution is -1.82. The maximum atomic E-state index is 5.15. The molecule has 0 amide bonds. The zero-order valence-electron chi connectivity index (χ0n) is 7.08. The predicted molar refractivity (Wildman–Crippen MR) is 58.8 cm³/mol. The van der Waals surface area contributed by atoms with Crippen LogP contribution in [0.4, 0.5) is 0 Å². The molecule has 0 N–H and O–H groups in total. The monoisotopic (exact) mass is 257 g/mol. The molecule has 4 heteroatoms. The highest BCUT2D eigenvalue weighted by Crippen LogP contribution is 2.29. The molecule has 0 fully saturated rings. The molecule has 68 valence electrons. The Morgan fingerprint density at radius 2 is 2.38 bits per heavy atom. The average molecular weight is 258 g/mol. The van der Waals surface area contributed by atoms with Crippen LogP contribution in [0, 0.1) is 0 Å². The largest absolute Gasteiger partial charge is 0.480 e. The van der Waals surface area contributed by atoms with Gasteiger partial charge >= 0.3 is 0 Å². The van der Waals surface area contributed by atoms with Gasteiger partial charge in [0.15, 0.2) is 0 Å². The van der Waals surface area contributed by atoms with E-state index in [4.69, 9.17) is 4.74 Å². The number of ether oxygens (including phenoxy) is 1. The van der Waals surface area contributed by atoms with E-state index < -0.39 is 0 Å². The standard InChI is InChI=1S/C9H8BrNOS/c1-12-9-7-4-6(5-10)2-3-8(7)13-11-9/h2-4H,5H2,1H3. The molecule has 0 radical (unpaired) electrons. The molecule has 0 saturated carbocycles. The third-order valence-corrected chi connectivity index (χ3v) is 3.31. The van der Waals surface area contributed by atoms with E-state index >= 15 is 0 Å². The smallest absolute Gasteiger partial charge is 0.232 e. The fourth-order valence-corrected chi connectivity index (χ4v) is 2.27. The van der Waals surface area contributed by atoms with E-state index in [1.165, 1.54) is 21.8 Å². The molecule has 0 aliphatic heterocycles. The molecule has 13 heavy (non-hydrogen) atoms. The van der Waals surface area contributed by atoms with Crippen LogP contribution in [0.25, 0.3) is 10.1 Å². The summed E-state index contributed by atoms with van der Waals surface area (Å²) in [4.78, 5) is 0. The SMILES string of the molecule is COc1nsc2ccc(CBr)cc12. The van der Waals surface area contributed by atoms with Gasteiger partial charge in [-0.15, -0.1) is 0 Å². The van der Waals surface area contributed by atoms with Crippen molar-refractivity contribution in [1.82, 2.24) is 4.37 Å². The molecule has 0 atom stereocenters. The first-order valence-electron chi connectivity index (χ1n) is 3.83. The maximum absolute atomic E-state index is 5.15. The first-order chi connectivity index (χ1) is 6.35. The van der Waals surface area contributed by atoms with Crippen molar-refractivity contribution in [2.24, 2.45) is 0 Å². The summed E-state index contributed by atoms with van der Waals surface area (Å²) in [5, 5.41) is 1.96. The Morgan fingerprint density at radius 3 is 3.08 bits per heavy atom. The molecular formula is C9H8BrNOS. The van der Waals surface area contributed by atoms with Gasteiger partial charge < -0.3 is 4.74 Å². The van der Waals surface area contributed by atoms with Crippen molar-refractivity contribution in [3.63, 3.8) is 0 Å². The van der Waals surface area contributed by atoms with Crippen LogP contribution in [0.2, 0.25) is 0 Å². The summed E-state index contributed by atoms with van der Waals surface area (Å²) >= 11 is 4.89. The van der Waals surface area contributed by atoms with Gasteiger partial charge in [0.2, 0.25) is 5.88 Å². The first kappa shape index (κ1) is 8.97. The Morgan fingerprint density at radius 1 is 1.54 bits per heavy atom. The van der Waals surface area contributed by atoms with Crippen molar-refractivity contribution in [2.75, 3.05) is 7.11 Å². The van der Waals surface area contributed by atoms with Crippen molar-refractivity contribution in [1.29, 1.82) is 0 Å². The van der Waals surface area contributed by atoms with Crippen LogP contribution >= 0.6 is 27.5 Å². The Bertz CT molecular complexity index is 426. The van der Waals surface area contributed by atoms with Gasteiger partial charge in [-0.1, -0.05) is 22.0 Å². The second-order valence-electron chi connectivity index (χ2n) is 2.66. The number of benzene rings is 1. The van der Waals surface area contributed by atoms with E-state index in [1.807, 2.05) is 0 Å². The second kappa shape index (κ2) is 3.64. The number of rotatable bonds is 2. The number of fused-ring (bicyclic) bond motifs is 1. The summed E-state index contributed by atoms with van der Waals surface area (Å²) in [6, 6.07) is 6.27. The molecular weight excluding hydrogens is 250 g/mol. The fraction of sp³-hybridized carbons (Fsp3) is 0.222. The van der Waals surface area contributed by atoms with Crippen molar-refractivity contribution in [3.05, 3.63) is 23.8 Å².